The van der Waals surface area contributed by atoms with Crippen molar-refractivity contribution >= 4 is 17.9 Å². The van der Waals surface area contributed by atoms with Crippen molar-refractivity contribution in [1.29, 1.82) is 0 Å². The zero-order valence-corrected chi connectivity index (χ0v) is 11.8. The highest BCUT2D eigenvalue weighted by Crippen LogP contribution is 2.19. The Morgan fingerprint density at radius 3 is 2.60 bits per heavy atom. The second kappa shape index (κ2) is 7.84. The molecule has 3 amide bonds. The summed E-state index contributed by atoms with van der Waals surface area (Å²) >= 11 is 0. The SMILES string of the molecule is CC(CC(=O)O)CC(=O)NC(=O)NCC1CCOC1C. The topological polar surface area (TPSA) is 105 Å². The van der Waals surface area contributed by atoms with E-state index in [1.54, 1.807) is 6.92 Å². The Morgan fingerprint density at radius 1 is 1.35 bits per heavy atom. The van der Waals surface area contributed by atoms with Crippen molar-refractivity contribution in [3.63, 3.8) is 0 Å². The fourth-order valence-electron chi connectivity index (χ4n) is 2.18. The number of carboxylic acid groups (broad SMARTS) is 1. The first kappa shape index (κ1) is 16.4. The summed E-state index contributed by atoms with van der Waals surface area (Å²) in [6.07, 6.45) is 0.932. The van der Waals surface area contributed by atoms with E-state index < -0.39 is 17.9 Å². The summed E-state index contributed by atoms with van der Waals surface area (Å²) in [5, 5.41) is 13.4. The maximum atomic E-state index is 11.5. The van der Waals surface area contributed by atoms with Gasteiger partial charge in [-0.25, -0.2) is 4.79 Å². The van der Waals surface area contributed by atoms with Crippen LogP contribution in [0.2, 0.25) is 0 Å². The van der Waals surface area contributed by atoms with E-state index in [-0.39, 0.29) is 30.8 Å². The van der Waals surface area contributed by atoms with E-state index in [9.17, 15) is 14.4 Å². The second-order valence-corrected chi connectivity index (χ2v) is 5.29. The molecule has 0 aliphatic carbocycles. The Morgan fingerprint density at radius 2 is 2.05 bits per heavy atom. The number of carbonyl (C=O) groups is 3. The number of urea groups is 1. The summed E-state index contributed by atoms with van der Waals surface area (Å²) in [6, 6.07) is -0.545. The van der Waals surface area contributed by atoms with Crippen LogP contribution in [0.15, 0.2) is 0 Å². The number of carboxylic acids is 1. The van der Waals surface area contributed by atoms with Crippen molar-refractivity contribution < 1.29 is 24.2 Å². The molecule has 1 heterocycles. The second-order valence-electron chi connectivity index (χ2n) is 5.29. The number of hydrogen-bond acceptors (Lipinski definition) is 4. The van der Waals surface area contributed by atoms with Gasteiger partial charge in [-0.2, -0.15) is 0 Å². The van der Waals surface area contributed by atoms with Crippen LogP contribution < -0.4 is 10.6 Å². The molecule has 1 fully saturated rings. The summed E-state index contributed by atoms with van der Waals surface area (Å²) in [6.45, 7) is 4.77. The Labute approximate surface area is 118 Å². The first-order chi connectivity index (χ1) is 9.38. The normalized spacial score (nSPS) is 23.1. The zero-order valence-electron chi connectivity index (χ0n) is 11.8. The lowest BCUT2D eigenvalue weighted by atomic mass is 10.0. The smallest absolute Gasteiger partial charge is 0.321 e. The van der Waals surface area contributed by atoms with Gasteiger partial charge in [0, 0.05) is 31.9 Å². The van der Waals surface area contributed by atoms with Gasteiger partial charge in [0.2, 0.25) is 5.91 Å². The van der Waals surface area contributed by atoms with Crippen LogP contribution in [-0.4, -0.2) is 42.3 Å². The molecule has 1 rings (SSSR count). The standard InChI is InChI=1S/C13H22N2O5/c1-8(6-12(17)18)5-11(16)15-13(19)14-7-10-3-4-20-9(10)2/h8-10H,3-7H2,1-2H3,(H,17,18)(H2,14,15,16,19). The third-order valence-corrected chi connectivity index (χ3v) is 3.37. The maximum absolute atomic E-state index is 11.5. The van der Waals surface area contributed by atoms with E-state index in [0.717, 1.165) is 6.42 Å². The Bertz CT molecular complexity index is 372. The molecule has 0 aromatic carbocycles. The van der Waals surface area contributed by atoms with E-state index in [0.29, 0.717) is 13.2 Å². The molecule has 0 bridgehead atoms. The number of hydrogen-bond donors (Lipinski definition) is 3. The molecular weight excluding hydrogens is 264 g/mol. The lowest BCUT2D eigenvalue weighted by Gasteiger charge is -2.15. The van der Waals surface area contributed by atoms with Gasteiger partial charge < -0.3 is 15.2 Å². The molecule has 1 aliphatic rings. The van der Waals surface area contributed by atoms with Crippen molar-refractivity contribution in [3.8, 4) is 0 Å². The van der Waals surface area contributed by atoms with Gasteiger partial charge in [-0.3, -0.25) is 14.9 Å². The fraction of sp³-hybridized carbons (Fsp3) is 0.769. The Hall–Kier alpha value is -1.63. The molecule has 7 heteroatoms. The molecule has 3 N–H and O–H groups in total. The summed E-state index contributed by atoms with van der Waals surface area (Å²) in [4.78, 5) is 33.5. The Kier molecular flexibility index (Phi) is 6.44. The van der Waals surface area contributed by atoms with Crippen LogP contribution >= 0.6 is 0 Å². The van der Waals surface area contributed by atoms with Crippen LogP contribution in [0.4, 0.5) is 4.79 Å². The highest BCUT2D eigenvalue weighted by atomic mass is 16.5. The van der Waals surface area contributed by atoms with Crippen molar-refractivity contribution in [1.82, 2.24) is 10.6 Å². The molecule has 1 aliphatic heterocycles. The third-order valence-electron chi connectivity index (χ3n) is 3.37. The van der Waals surface area contributed by atoms with E-state index in [1.165, 1.54) is 0 Å². The van der Waals surface area contributed by atoms with Crippen molar-refractivity contribution in [2.75, 3.05) is 13.2 Å². The van der Waals surface area contributed by atoms with Gasteiger partial charge in [0.1, 0.15) is 0 Å². The molecular formula is C13H22N2O5. The molecule has 0 spiro atoms. The van der Waals surface area contributed by atoms with Gasteiger partial charge in [-0.15, -0.1) is 0 Å². The molecule has 0 aromatic rings. The van der Waals surface area contributed by atoms with Gasteiger partial charge in [-0.1, -0.05) is 6.92 Å². The molecule has 0 saturated carbocycles. The van der Waals surface area contributed by atoms with Gasteiger partial charge in [0.05, 0.1) is 6.10 Å². The molecule has 3 unspecified atom stereocenters. The van der Waals surface area contributed by atoms with Crippen LogP contribution in [-0.2, 0) is 14.3 Å². The molecule has 20 heavy (non-hydrogen) atoms. The number of imide groups is 1. The third kappa shape index (κ3) is 6.01. The number of ether oxygens (including phenoxy) is 1. The van der Waals surface area contributed by atoms with Crippen LogP contribution in [0.25, 0.3) is 0 Å². The minimum Gasteiger partial charge on any atom is -0.481 e. The lowest BCUT2D eigenvalue weighted by molar-refractivity contribution is -0.138. The average molecular weight is 286 g/mol. The van der Waals surface area contributed by atoms with E-state index in [1.807, 2.05) is 6.92 Å². The van der Waals surface area contributed by atoms with E-state index in [4.69, 9.17) is 9.84 Å². The van der Waals surface area contributed by atoms with Crippen LogP contribution in [0.3, 0.4) is 0 Å². The molecule has 7 nitrogen and oxygen atoms in total. The molecule has 0 aromatic heterocycles. The van der Waals surface area contributed by atoms with Crippen molar-refractivity contribution in [3.05, 3.63) is 0 Å². The minimum absolute atomic E-state index is 0.0165. The van der Waals surface area contributed by atoms with Crippen LogP contribution in [0.1, 0.15) is 33.1 Å². The summed E-state index contributed by atoms with van der Waals surface area (Å²) in [7, 11) is 0. The maximum Gasteiger partial charge on any atom is 0.321 e. The summed E-state index contributed by atoms with van der Waals surface area (Å²) < 4.78 is 5.37. The Balaban J connectivity index is 2.20. The lowest BCUT2D eigenvalue weighted by Crippen LogP contribution is -2.42. The van der Waals surface area contributed by atoms with E-state index in [2.05, 4.69) is 10.6 Å². The summed E-state index contributed by atoms with van der Waals surface area (Å²) in [5.41, 5.74) is 0. The highest BCUT2D eigenvalue weighted by molar-refractivity contribution is 5.94. The summed E-state index contributed by atoms with van der Waals surface area (Å²) in [5.74, 6) is -1.46. The van der Waals surface area contributed by atoms with Gasteiger partial charge in [-0.05, 0) is 19.3 Å². The van der Waals surface area contributed by atoms with Gasteiger partial charge in [0.25, 0.3) is 0 Å². The zero-order chi connectivity index (χ0) is 15.1. The quantitative estimate of drug-likeness (QED) is 0.668. The predicted octanol–water partition coefficient (Wildman–Crippen LogP) is 0.738. The molecule has 114 valence electrons. The number of carbonyl (C=O) groups excluding carboxylic acids is 2. The first-order valence-corrected chi connectivity index (χ1v) is 6.79. The minimum atomic E-state index is -0.954. The van der Waals surface area contributed by atoms with Crippen LogP contribution in [0, 0.1) is 11.8 Å². The number of aliphatic carboxylic acids is 1. The first-order valence-electron chi connectivity index (χ1n) is 6.79. The van der Waals surface area contributed by atoms with Crippen LogP contribution in [0.5, 0.6) is 0 Å². The number of amides is 3. The molecule has 1 saturated heterocycles. The van der Waals surface area contributed by atoms with Crippen molar-refractivity contribution in [2.24, 2.45) is 11.8 Å². The highest BCUT2D eigenvalue weighted by Gasteiger charge is 2.24. The predicted molar refractivity (Wildman–Crippen MR) is 71.1 cm³/mol. The van der Waals surface area contributed by atoms with Crippen molar-refractivity contribution in [2.45, 2.75) is 39.2 Å². The number of nitrogens with one attached hydrogen (secondary N) is 2. The fourth-order valence-corrected chi connectivity index (χ4v) is 2.18. The molecule has 3 atom stereocenters. The van der Waals surface area contributed by atoms with E-state index >= 15 is 0 Å². The monoisotopic (exact) mass is 286 g/mol. The molecule has 0 radical (unpaired) electrons. The van der Waals surface area contributed by atoms with Gasteiger partial charge in [0.15, 0.2) is 0 Å². The van der Waals surface area contributed by atoms with Gasteiger partial charge >= 0.3 is 12.0 Å². The number of rotatable bonds is 6. The largest absolute Gasteiger partial charge is 0.481 e. The average Bonchev–Trinajstić information content (AvgIpc) is 2.70.